The maximum atomic E-state index is 10.9. The molecule has 2 N–H and O–H groups in total. The number of nitrogens with one attached hydrogen (secondary N) is 2. The molecule has 0 amide bonds. The zero-order valence-electron chi connectivity index (χ0n) is 14.5. The van der Waals surface area contributed by atoms with Gasteiger partial charge in [0.15, 0.2) is 5.82 Å². The second-order valence-electron chi connectivity index (χ2n) is 6.39. The van der Waals surface area contributed by atoms with Crippen molar-refractivity contribution in [3.8, 4) is 0 Å². The van der Waals surface area contributed by atoms with Crippen molar-refractivity contribution in [3.63, 3.8) is 0 Å². The highest BCUT2D eigenvalue weighted by Crippen LogP contribution is 2.26. The second-order valence-corrected chi connectivity index (χ2v) is 7.35. The first-order valence-electron chi connectivity index (χ1n) is 8.83. The fourth-order valence-corrected chi connectivity index (χ4v) is 4.07. The smallest absolute Gasteiger partial charge is 0.274 e. The number of likely N-dealkylation sites (N-methyl/N-ethyl adjacent to an activating group) is 1. The molecule has 138 valence electrons. The van der Waals surface area contributed by atoms with Crippen molar-refractivity contribution in [1.82, 2.24) is 20.4 Å². The molecule has 0 aromatic carbocycles. The fraction of sp³-hybridized carbons (Fsp3) is 0.733. The van der Waals surface area contributed by atoms with Crippen LogP contribution in [-0.4, -0.2) is 58.8 Å². The highest BCUT2D eigenvalue weighted by Gasteiger charge is 2.21. The molecule has 1 aromatic rings. The first-order valence-corrected chi connectivity index (χ1v) is 9.65. The number of hydrogen-bond acceptors (Lipinski definition) is 9. The van der Waals surface area contributed by atoms with E-state index in [1.807, 2.05) is 0 Å². The van der Waals surface area contributed by atoms with Crippen LogP contribution in [0.5, 0.6) is 0 Å². The number of rotatable bonds is 7. The summed E-state index contributed by atoms with van der Waals surface area (Å²) in [7, 11) is 0. The molecule has 0 atom stereocenters. The fourth-order valence-electron chi connectivity index (χ4n) is 3.27. The predicted octanol–water partition coefficient (Wildman–Crippen LogP) is 1.70. The molecule has 2 fully saturated rings. The number of nitrogens with zero attached hydrogens (tertiary/aromatic N) is 5. The van der Waals surface area contributed by atoms with Crippen molar-refractivity contribution < 1.29 is 4.92 Å². The van der Waals surface area contributed by atoms with Crippen LogP contribution in [0.25, 0.3) is 0 Å². The zero-order valence-corrected chi connectivity index (χ0v) is 15.3. The van der Waals surface area contributed by atoms with E-state index in [1.54, 1.807) is 0 Å². The molecule has 2 aliphatic rings. The van der Waals surface area contributed by atoms with Crippen LogP contribution in [0.15, 0.2) is 12.0 Å². The third kappa shape index (κ3) is 5.02. The molecule has 1 saturated carbocycles. The van der Waals surface area contributed by atoms with Crippen LogP contribution in [0.2, 0.25) is 0 Å². The lowest BCUT2D eigenvalue weighted by Crippen LogP contribution is -2.46. The summed E-state index contributed by atoms with van der Waals surface area (Å²) >= 11 is 1.43. The van der Waals surface area contributed by atoms with Crippen LogP contribution in [0.4, 0.5) is 10.3 Å². The van der Waals surface area contributed by atoms with Gasteiger partial charge in [0, 0.05) is 32.2 Å². The van der Waals surface area contributed by atoms with E-state index in [0.717, 1.165) is 69.7 Å². The summed E-state index contributed by atoms with van der Waals surface area (Å²) in [6.45, 7) is 7.14. The van der Waals surface area contributed by atoms with Gasteiger partial charge in [-0.2, -0.15) is 0 Å². The van der Waals surface area contributed by atoms with Crippen LogP contribution >= 0.6 is 11.3 Å². The Bertz CT molecular complexity index is 607. The number of piperazine rings is 1. The highest BCUT2D eigenvalue weighted by atomic mass is 32.1. The highest BCUT2D eigenvalue weighted by molar-refractivity contribution is 7.19. The minimum Gasteiger partial charge on any atom is -0.364 e. The molecule has 0 radical (unpaired) electrons. The van der Waals surface area contributed by atoms with Gasteiger partial charge in [-0.1, -0.05) is 31.1 Å². The van der Waals surface area contributed by atoms with Gasteiger partial charge >= 0.3 is 0 Å². The molecule has 0 spiro atoms. The van der Waals surface area contributed by atoms with Crippen molar-refractivity contribution in [1.29, 1.82) is 0 Å². The SMILES string of the molecule is CCN1CCN(c2nnc(NC(=C[N+](=O)[O-])NC3CCCC3)s2)CC1. The van der Waals surface area contributed by atoms with E-state index < -0.39 is 4.92 Å². The Hall–Kier alpha value is -1.94. The van der Waals surface area contributed by atoms with Gasteiger partial charge in [0.25, 0.3) is 6.20 Å². The summed E-state index contributed by atoms with van der Waals surface area (Å²) in [5.74, 6) is 0.385. The maximum Gasteiger partial charge on any atom is 0.274 e. The van der Waals surface area contributed by atoms with Gasteiger partial charge in [-0.15, -0.1) is 10.2 Å². The Morgan fingerprint density at radius 3 is 2.68 bits per heavy atom. The van der Waals surface area contributed by atoms with Crippen LogP contribution in [0.1, 0.15) is 32.6 Å². The average Bonchev–Trinajstić information content (AvgIpc) is 3.26. The van der Waals surface area contributed by atoms with Crippen molar-refractivity contribution in [2.24, 2.45) is 0 Å². The van der Waals surface area contributed by atoms with Crippen LogP contribution in [0, 0.1) is 10.1 Å². The van der Waals surface area contributed by atoms with E-state index in [2.05, 4.69) is 37.6 Å². The Morgan fingerprint density at radius 1 is 1.32 bits per heavy atom. The monoisotopic (exact) mass is 367 g/mol. The molecule has 0 unspecified atom stereocenters. The predicted molar refractivity (Wildman–Crippen MR) is 98.3 cm³/mol. The summed E-state index contributed by atoms with van der Waals surface area (Å²) < 4.78 is 0. The van der Waals surface area contributed by atoms with Gasteiger partial charge in [0.2, 0.25) is 10.3 Å². The first kappa shape index (κ1) is 17.9. The molecule has 25 heavy (non-hydrogen) atoms. The molecule has 1 saturated heterocycles. The van der Waals surface area contributed by atoms with E-state index in [4.69, 9.17) is 0 Å². The number of anilines is 2. The third-order valence-electron chi connectivity index (χ3n) is 4.70. The molecule has 3 rings (SSSR count). The van der Waals surface area contributed by atoms with Gasteiger partial charge in [-0.25, -0.2) is 0 Å². The molecular formula is C15H25N7O2S. The minimum absolute atomic E-state index is 0.285. The molecule has 1 aliphatic carbocycles. The molecule has 1 aromatic heterocycles. The number of nitro groups is 1. The lowest BCUT2D eigenvalue weighted by atomic mass is 10.2. The van der Waals surface area contributed by atoms with Crippen molar-refractivity contribution in [2.75, 3.05) is 42.9 Å². The Morgan fingerprint density at radius 2 is 2.04 bits per heavy atom. The van der Waals surface area contributed by atoms with E-state index in [0.29, 0.717) is 11.0 Å². The van der Waals surface area contributed by atoms with Crippen LogP contribution in [-0.2, 0) is 0 Å². The standard InChI is InChI=1S/C15H25N7O2S/c1-2-20-7-9-21(10-8-20)15-19-18-14(25-15)17-13(11-22(23)24)16-12-5-3-4-6-12/h11-12,16H,2-10H2,1H3,(H,17,18). The summed E-state index contributed by atoms with van der Waals surface area (Å²) in [6, 6.07) is 0.285. The number of hydrogen-bond donors (Lipinski definition) is 2. The van der Waals surface area contributed by atoms with Gasteiger partial charge in [-0.05, 0) is 19.4 Å². The molecule has 2 heterocycles. The third-order valence-corrected chi connectivity index (χ3v) is 5.59. The van der Waals surface area contributed by atoms with Gasteiger partial charge < -0.3 is 20.4 Å². The van der Waals surface area contributed by atoms with E-state index in [9.17, 15) is 10.1 Å². The summed E-state index contributed by atoms with van der Waals surface area (Å²) in [4.78, 5) is 15.1. The lowest BCUT2D eigenvalue weighted by Gasteiger charge is -2.33. The van der Waals surface area contributed by atoms with Crippen LogP contribution < -0.4 is 15.5 Å². The average molecular weight is 367 g/mol. The Labute approximate surface area is 151 Å². The molecule has 10 heteroatoms. The molecule has 0 bridgehead atoms. The van der Waals surface area contributed by atoms with Gasteiger partial charge in [0.05, 0.1) is 4.92 Å². The summed E-state index contributed by atoms with van der Waals surface area (Å²) in [6.07, 6.45) is 5.38. The molecule has 9 nitrogen and oxygen atoms in total. The first-order chi connectivity index (χ1) is 12.1. The molecular weight excluding hydrogens is 342 g/mol. The minimum atomic E-state index is -0.448. The lowest BCUT2D eigenvalue weighted by molar-refractivity contribution is -0.403. The largest absolute Gasteiger partial charge is 0.364 e. The van der Waals surface area contributed by atoms with Crippen molar-refractivity contribution >= 4 is 21.6 Å². The second kappa shape index (κ2) is 8.43. The normalized spacial score (nSPS) is 20.0. The van der Waals surface area contributed by atoms with Gasteiger partial charge in [-0.3, -0.25) is 10.1 Å². The van der Waals surface area contributed by atoms with E-state index in [-0.39, 0.29) is 6.04 Å². The Balaban J connectivity index is 1.61. The quantitative estimate of drug-likeness (QED) is 0.555. The Kier molecular flexibility index (Phi) is 6.03. The van der Waals surface area contributed by atoms with Crippen molar-refractivity contribution in [2.45, 2.75) is 38.6 Å². The maximum absolute atomic E-state index is 10.9. The van der Waals surface area contributed by atoms with Crippen molar-refractivity contribution in [3.05, 3.63) is 22.1 Å². The number of aromatic nitrogens is 2. The zero-order chi connectivity index (χ0) is 17.6. The summed E-state index contributed by atoms with van der Waals surface area (Å²) in [5.41, 5.74) is 0. The summed E-state index contributed by atoms with van der Waals surface area (Å²) in [5, 5.41) is 27.0. The van der Waals surface area contributed by atoms with Gasteiger partial charge in [0.1, 0.15) is 0 Å². The van der Waals surface area contributed by atoms with E-state index >= 15 is 0 Å². The topological polar surface area (TPSA) is 99.5 Å². The van der Waals surface area contributed by atoms with Crippen LogP contribution in [0.3, 0.4) is 0 Å². The molecule has 1 aliphatic heterocycles. The van der Waals surface area contributed by atoms with E-state index in [1.165, 1.54) is 11.3 Å².